The van der Waals surface area contributed by atoms with Crippen LogP contribution in [0.1, 0.15) is 28.1 Å². The summed E-state index contributed by atoms with van der Waals surface area (Å²) in [6.45, 7) is 2.65. The molecule has 6 heteroatoms. The van der Waals surface area contributed by atoms with E-state index in [4.69, 9.17) is 28.2 Å². The Bertz CT molecular complexity index is 924. The van der Waals surface area contributed by atoms with Crippen molar-refractivity contribution in [3.05, 3.63) is 67.8 Å². The number of rotatable bonds is 2. The second kappa shape index (κ2) is 5.78. The number of halogens is 2. The fraction of sp³-hybridized carbons (Fsp3) is 0.176. The minimum atomic E-state index is 0.517. The zero-order valence-electron chi connectivity index (χ0n) is 12.4. The maximum atomic E-state index is 6.39. The van der Waals surface area contributed by atoms with Crippen LogP contribution >= 0.6 is 34.5 Å². The zero-order chi connectivity index (χ0) is 16.0. The number of aromatic nitrogens is 2. The summed E-state index contributed by atoms with van der Waals surface area (Å²) in [5, 5.41) is 2.21. The fourth-order valence-corrected chi connectivity index (χ4v) is 4.15. The van der Waals surface area contributed by atoms with Gasteiger partial charge >= 0.3 is 0 Å². The van der Waals surface area contributed by atoms with Gasteiger partial charge in [-0.15, -0.1) is 11.3 Å². The van der Waals surface area contributed by atoms with Crippen molar-refractivity contribution in [2.75, 3.05) is 0 Å². The van der Waals surface area contributed by atoms with Gasteiger partial charge in [0.15, 0.2) is 0 Å². The number of thiazole rings is 1. The van der Waals surface area contributed by atoms with Crippen LogP contribution < -0.4 is 0 Å². The van der Waals surface area contributed by atoms with Gasteiger partial charge in [0, 0.05) is 32.9 Å². The van der Waals surface area contributed by atoms with E-state index in [1.165, 1.54) is 4.88 Å². The third-order valence-electron chi connectivity index (χ3n) is 3.89. The Morgan fingerprint density at radius 2 is 2.17 bits per heavy atom. The van der Waals surface area contributed by atoms with Crippen LogP contribution in [0.2, 0.25) is 10.0 Å². The summed E-state index contributed by atoms with van der Waals surface area (Å²) in [6, 6.07) is 7.76. The summed E-state index contributed by atoms with van der Waals surface area (Å²) in [4.78, 5) is 10.6. The molecule has 0 saturated carbocycles. The Hall–Kier alpha value is -1.62. The van der Waals surface area contributed by atoms with E-state index < -0.39 is 0 Å². The molecule has 0 atom stereocenters. The van der Waals surface area contributed by atoms with Gasteiger partial charge in [0.25, 0.3) is 0 Å². The maximum Gasteiger partial charge on any atom is 0.143 e. The number of benzene rings is 1. The molecule has 0 radical (unpaired) electrons. The third-order valence-corrected chi connectivity index (χ3v) is 5.59. The molecule has 0 spiro atoms. The van der Waals surface area contributed by atoms with Crippen molar-refractivity contribution in [1.82, 2.24) is 9.55 Å². The highest BCUT2D eigenvalue weighted by molar-refractivity contribution is 7.13. The summed E-state index contributed by atoms with van der Waals surface area (Å²) in [5.74, 6) is 0. The lowest BCUT2D eigenvalue weighted by atomic mass is 10.1. The Morgan fingerprint density at radius 3 is 2.96 bits per heavy atom. The number of hydrogen-bond donors (Lipinski definition) is 0. The molecule has 1 aromatic carbocycles. The first-order valence-corrected chi connectivity index (χ1v) is 8.90. The Labute approximate surface area is 148 Å². The van der Waals surface area contributed by atoms with E-state index in [0.717, 1.165) is 34.1 Å². The lowest BCUT2D eigenvalue weighted by Crippen LogP contribution is -2.08. The van der Waals surface area contributed by atoms with E-state index >= 15 is 0 Å². The van der Waals surface area contributed by atoms with E-state index in [2.05, 4.69) is 22.5 Å². The molecule has 23 heavy (non-hydrogen) atoms. The van der Waals surface area contributed by atoms with E-state index in [1.807, 2.05) is 24.5 Å². The van der Waals surface area contributed by atoms with Gasteiger partial charge in [-0.25, -0.2) is 4.98 Å². The summed E-state index contributed by atoms with van der Waals surface area (Å²) >= 11 is 14.3. The van der Waals surface area contributed by atoms with Gasteiger partial charge in [-0.05, 0) is 30.7 Å². The minimum Gasteiger partial charge on any atom is -0.315 e. The van der Waals surface area contributed by atoms with Gasteiger partial charge in [-0.2, -0.15) is 0 Å². The number of nitrogens with zero attached hydrogens (tertiary/aromatic N) is 3. The molecule has 0 bridgehead atoms. The second-order valence-corrected chi connectivity index (χ2v) is 7.26. The largest absolute Gasteiger partial charge is 0.315 e. The smallest absolute Gasteiger partial charge is 0.143 e. The van der Waals surface area contributed by atoms with Crippen molar-refractivity contribution in [2.45, 2.75) is 19.9 Å². The predicted molar refractivity (Wildman–Crippen MR) is 96.6 cm³/mol. The monoisotopic (exact) mass is 361 g/mol. The average molecular weight is 362 g/mol. The summed E-state index contributed by atoms with van der Waals surface area (Å²) in [7, 11) is 0. The Kier molecular flexibility index (Phi) is 3.76. The molecule has 4 rings (SSSR count). The van der Waals surface area contributed by atoms with Crippen molar-refractivity contribution in [1.29, 1.82) is 0 Å². The minimum absolute atomic E-state index is 0.517. The predicted octanol–water partition coefficient (Wildman–Crippen LogP) is 5.15. The highest BCUT2D eigenvalue weighted by Gasteiger charge is 2.22. The molecule has 0 unspecified atom stereocenters. The van der Waals surface area contributed by atoms with E-state index in [0.29, 0.717) is 16.6 Å². The quantitative estimate of drug-likeness (QED) is 0.620. The molecule has 0 saturated heterocycles. The molecule has 3 nitrogen and oxygen atoms in total. The van der Waals surface area contributed by atoms with Crippen molar-refractivity contribution in [3.8, 4) is 5.69 Å². The highest BCUT2D eigenvalue weighted by atomic mass is 35.5. The van der Waals surface area contributed by atoms with Crippen molar-refractivity contribution in [3.63, 3.8) is 0 Å². The second-order valence-electron chi connectivity index (χ2n) is 5.30. The molecule has 116 valence electrons. The van der Waals surface area contributed by atoms with E-state index in [9.17, 15) is 0 Å². The summed E-state index contributed by atoms with van der Waals surface area (Å²) in [6.07, 6.45) is 4.92. The molecule has 3 aromatic rings. The molecule has 0 N–H and O–H groups in total. The molecule has 0 aliphatic carbocycles. The molecular weight excluding hydrogens is 349 g/mol. The van der Waals surface area contributed by atoms with Gasteiger partial charge in [-0.1, -0.05) is 30.1 Å². The van der Waals surface area contributed by atoms with Crippen LogP contribution in [0.15, 0.2) is 41.7 Å². The zero-order valence-corrected chi connectivity index (χ0v) is 14.7. The number of hydrogen-bond acceptors (Lipinski definition) is 3. The van der Waals surface area contributed by atoms with E-state index in [-0.39, 0.29) is 0 Å². The molecule has 0 fully saturated rings. The maximum absolute atomic E-state index is 6.39. The first-order chi connectivity index (χ1) is 11.2. The third kappa shape index (κ3) is 2.51. The SMILES string of the molecule is CCc1cnc(C2=NCc3c(Cl)cc(Cl)cc3-n3cccc32)s1. The topological polar surface area (TPSA) is 30.2 Å². The molecular formula is C17H13Cl2N3S. The lowest BCUT2D eigenvalue weighted by Gasteiger charge is -2.12. The van der Waals surface area contributed by atoms with Gasteiger partial charge in [0.2, 0.25) is 0 Å². The van der Waals surface area contributed by atoms with Crippen molar-refractivity contribution >= 4 is 40.3 Å². The van der Waals surface area contributed by atoms with Crippen LogP contribution in [-0.2, 0) is 13.0 Å². The first kappa shape index (κ1) is 14.9. The molecule has 2 aromatic heterocycles. The number of aliphatic imine (C=N–C) groups is 1. The Balaban J connectivity index is 1.92. The Morgan fingerprint density at radius 1 is 1.30 bits per heavy atom. The summed E-state index contributed by atoms with van der Waals surface area (Å²) < 4.78 is 2.09. The van der Waals surface area contributed by atoms with Gasteiger partial charge in [0.1, 0.15) is 10.7 Å². The first-order valence-electron chi connectivity index (χ1n) is 7.33. The van der Waals surface area contributed by atoms with Crippen LogP contribution in [0.4, 0.5) is 0 Å². The molecule has 1 aliphatic heterocycles. The van der Waals surface area contributed by atoms with E-state index in [1.54, 1.807) is 17.4 Å². The summed E-state index contributed by atoms with van der Waals surface area (Å²) in [5.41, 5.74) is 3.88. The number of aryl methyl sites for hydroxylation is 1. The van der Waals surface area contributed by atoms with Crippen LogP contribution in [0.5, 0.6) is 0 Å². The van der Waals surface area contributed by atoms with Crippen LogP contribution in [0.25, 0.3) is 5.69 Å². The van der Waals surface area contributed by atoms with Gasteiger partial charge in [-0.3, -0.25) is 4.99 Å². The van der Waals surface area contributed by atoms with Crippen LogP contribution in [0, 0.1) is 0 Å². The molecule has 0 amide bonds. The van der Waals surface area contributed by atoms with Gasteiger partial charge < -0.3 is 4.57 Å². The molecule has 1 aliphatic rings. The standard InChI is InChI=1S/C17H13Cl2N3S/c1-2-11-8-21-17(23-11)16-14-4-3-5-22(14)15-7-10(18)6-13(19)12(15)9-20-16/h3-8H,2,9H2,1H3. The number of fused-ring (bicyclic) bond motifs is 3. The lowest BCUT2D eigenvalue weighted by molar-refractivity contribution is 1.02. The van der Waals surface area contributed by atoms with Gasteiger partial charge in [0.05, 0.1) is 17.9 Å². The van der Waals surface area contributed by atoms with Crippen molar-refractivity contribution in [2.24, 2.45) is 4.99 Å². The fourth-order valence-electron chi connectivity index (χ4n) is 2.74. The highest BCUT2D eigenvalue weighted by Crippen LogP contribution is 2.33. The van der Waals surface area contributed by atoms with Crippen LogP contribution in [0.3, 0.4) is 0 Å². The van der Waals surface area contributed by atoms with Crippen molar-refractivity contribution < 1.29 is 0 Å². The van der Waals surface area contributed by atoms with Crippen LogP contribution in [-0.4, -0.2) is 15.3 Å². The average Bonchev–Trinajstić information content (AvgIpc) is 3.16. The molecule has 3 heterocycles. The normalized spacial score (nSPS) is 13.3.